The number of nitrogens with zero attached hydrogens (tertiary/aromatic N) is 1. The van der Waals surface area contributed by atoms with Crippen LogP contribution in [0.25, 0.3) is 0 Å². The van der Waals surface area contributed by atoms with Crippen molar-refractivity contribution < 1.29 is 14.3 Å². The number of carbonyl (C=O) groups is 1. The van der Waals surface area contributed by atoms with Crippen LogP contribution in [0.15, 0.2) is 36.4 Å². The predicted molar refractivity (Wildman–Crippen MR) is 114 cm³/mol. The Balaban J connectivity index is 1.55. The summed E-state index contributed by atoms with van der Waals surface area (Å²) in [7, 11) is 2.11. The first kappa shape index (κ1) is 20.1. The molecule has 1 saturated heterocycles. The van der Waals surface area contributed by atoms with E-state index in [1.807, 2.05) is 18.2 Å². The van der Waals surface area contributed by atoms with Gasteiger partial charge in [-0.15, -0.1) is 0 Å². The van der Waals surface area contributed by atoms with Gasteiger partial charge in [-0.2, -0.15) is 0 Å². The largest absolute Gasteiger partial charge is 0.454 e. The Bertz CT molecular complexity index is 880. The summed E-state index contributed by atoms with van der Waals surface area (Å²) in [5.41, 5.74) is 7.33. The molecule has 1 amide bonds. The number of likely N-dealkylation sites (tertiary alicyclic amines) is 1. The van der Waals surface area contributed by atoms with Gasteiger partial charge >= 0.3 is 0 Å². The third-order valence-corrected chi connectivity index (χ3v) is 5.90. The minimum absolute atomic E-state index is 0.102. The van der Waals surface area contributed by atoms with Crippen LogP contribution >= 0.6 is 23.2 Å². The van der Waals surface area contributed by atoms with E-state index in [1.165, 1.54) is 0 Å². The molecule has 0 spiro atoms. The van der Waals surface area contributed by atoms with Crippen molar-refractivity contribution in [1.29, 1.82) is 0 Å². The summed E-state index contributed by atoms with van der Waals surface area (Å²) in [6.45, 7) is 2.15. The molecular formula is C21H23Cl2N3O3. The summed E-state index contributed by atoms with van der Waals surface area (Å²) in [5, 5.41) is 0.994. The Kier molecular flexibility index (Phi) is 6.04. The number of carbonyl (C=O) groups excluding carboxylic acids is 1. The number of piperidine rings is 1. The summed E-state index contributed by atoms with van der Waals surface area (Å²) in [5.74, 6) is 1.22. The molecule has 1 fully saturated rings. The number of halogens is 2. The average molecular weight is 436 g/mol. The van der Waals surface area contributed by atoms with Gasteiger partial charge < -0.3 is 14.4 Å². The van der Waals surface area contributed by atoms with Gasteiger partial charge in [-0.1, -0.05) is 29.3 Å². The molecule has 0 aliphatic carbocycles. The van der Waals surface area contributed by atoms with Crippen LogP contribution in [0, 0.1) is 5.92 Å². The molecule has 2 heterocycles. The molecule has 0 aromatic heterocycles. The first-order chi connectivity index (χ1) is 14.0. The smallest absolute Gasteiger partial charge is 0.246 e. The maximum absolute atomic E-state index is 13.2. The molecular weight excluding hydrogens is 413 g/mol. The lowest BCUT2D eigenvalue weighted by atomic mass is 9.79. The van der Waals surface area contributed by atoms with Crippen molar-refractivity contribution >= 4 is 34.8 Å². The van der Waals surface area contributed by atoms with E-state index in [1.54, 1.807) is 18.2 Å². The van der Waals surface area contributed by atoms with E-state index < -0.39 is 0 Å². The summed E-state index contributed by atoms with van der Waals surface area (Å²) in [4.78, 5) is 15.5. The molecule has 4 rings (SSSR count). The summed E-state index contributed by atoms with van der Waals surface area (Å²) >= 11 is 12.1. The molecule has 2 N–H and O–H groups in total. The maximum atomic E-state index is 13.2. The zero-order valence-corrected chi connectivity index (χ0v) is 17.6. The molecule has 2 aromatic carbocycles. The average Bonchev–Trinajstić information content (AvgIpc) is 3.15. The Morgan fingerprint density at radius 1 is 1.07 bits per heavy atom. The SMILES string of the molecule is CN1CCC(C(C(=O)NNc2cc(Cl)cc(Cl)c2)c2ccc3c(c2)OCO3)CC1. The molecule has 1 unspecified atom stereocenters. The van der Waals surface area contributed by atoms with Crippen molar-refractivity contribution in [1.82, 2.24) is 10.3 Å². The van der Waals surface area contributed by atoms with Crippen LogP contribution < -0.4 is 20.3 Å². The number of hydrogen-bond donors (Lipinski definition) is 2. The topological polar surface area (TPSA) is 62.8 Å². The number of rotatable bonds is 5. The van der Waals surface area contributed by atoms with E-state index in [0.717, 1.165) is 31.5 Å². The molecule has 2 aliphatic heterocycles. The van der Waals surface area contributed by atoms with Gasteiger partial charge in [-0.25, -0.2) is 0 Å². The minimum atomic E-state index is -0.305. The van der Waals surface area contributed by atoms with E-state index in [2.05, 4.69) is 22.8 Å². The number of amides is 1. The molecule has 2 aromatic rings. The molecule has 2 aliphatic rings. The molecule has 29 heavy (non-hydrogen) atoms. The van der Waals surface area contributed by atoms with Gasteiger partial charge in [-0.05, 0) is 74.8 Å². The van der Waals surface area contributed by atoms with E-state index >= 15 is 0 Å². The van der Waals surface area contributed by atoms with Crippen molar-refractivity contribution in [2.24, 2.45) is 5.92 Å². The van der Waals surface area contributed by atoms with E-state index in [9.17, 15) is 4.79 Å². The van der Waals surface area contributed by atoms with Gasteiger partial charge in [0.05, 0.1) is 11.6 Å². The highest BCUT2D eigenvalue weighted by molar-refractivity contribution is 6.35. The first-order valence-corrected chi connectivity index (χ1v) is 10.4. The fraction of sp³-hybridized carbons (Fsp3) is 0.381. The van der Waals surface area contributed by atoms with Crippen LogP contribution in [0.2, 0.25) is 10.0 Å². The highest BCUT2D eigenvalue weighted by Gasteiger charge is 2.33. The second kappa shape index (κ2) is 8.69. The normalized spacial score (nSPS) is 17.8. The first-order valence-electron chi connectivity index (χ1n) is 9.59. The molecule has 0 saturated carbocycles. The van der Waals surface area contributed by atoms with Gasteiger partial charge in [-0.3, -0.25) is 15.6 Å². The van der Waals surface area contributed by atoms with Crippen molar-refractivity contribution in [2.75, 3.05) is 32.4 Å². The quantitative estimate of drug-likeness (QED) is 0.685. The van der Waals surface area contributed by atoms with Gasteiger partial charge in [0.1, 0.15) is 0 Å². The zero-order valence-electron chi connectivity index (χ0n) is 16.1. The van der Waals surface area contributed by atoms with Crippen molar-refractivity contribution in [3.8, 4) is 11.5 Å². The Morgan fingerprint density at radius 2 is 1.76 bits per heavy atom. The summed E-state index contributed by atoms with van der Waals surface area (Å²) < 4.78 is 10.9. The molecule has 1 atom stereocenters. The van der Waals surface area contributed by atoms with Crippen molar-refractivity contribution in [3.63, 3.8) is 0 Å². The van der Waals surface area contributed by atoms with Gasteiger partial charge in [0.2, 0.25) is 12.7 Å². The number of benzene rings is 2. The Morgan fingerprint density at radius 3 is 2.48 bits per heavy atom. The van der Waals surface area contributed by atoms with Gasteiger partial charge in [0.25, 0.3) is 0 Å². The van der Waals surface area contributed by atoms with Crippen LogP contribution in [0.5, 0.6) is 11.5 Å². The third-order valence-electron chi connectivity index (χ3n) is 5.47. The molecule has 0 radical (unpaired) electrons. The Hall–Kier alpha value is -2.15. The maximum Gasteiger partial charge on any atom is 0.246 e. The minimum Gasteiger partial charge on any atom is -0.454 e. The summed E-state index contributed by atoms with van der Waals surface area (Å²) in [6.07, 6.45) is 1.90. The number of anilines is 1. The standard InChI is InChI=1S/C21H23Cl2N3O3/c1-26-6-4-13(5-7-26)20(14-2-3-18-19(8-14)29-12-28-18)21(27)25-24-17-10-15(22)9-16(23)11-17/h2-3,8-11,13,20,24H,4-7,12H2,1H3,(H,25,27). The zero-order chi connectivity index (χ0) is 20.4. The summed E-state index contributed by atoms with van der Waals surface area (Å²) in [6, 6.07) is 10.8. The van der Waals surface area contributed by atoms with Crippen LogP contribution in [-0.2, 0) is 4.79 Å². The lowest BCUT2D eigenvalue weighted by Gasteiger charge is -2.34. The molecule has 154 valence electrons. The van der Waals surface area contributed by atoms with E-state index in [-0.39, 0.29) is 24.5 Å². The number of fused-ring (bicyclic) bond motifs is 1. The molecule has 6 nitrogen and oxygen atoms in total. The number of ether oxygens (including phenoxy) is 2. The van der Waals surface area contributed by atoms with Crippen molar-refractivity contribution in [3.05, 3.63) is 52.0 Å². The van der Waals surface area contributed by atoms with Crippen LogP contribution in [-0.4, -0.2) is 37.7 Å². The number of hydrazine groups is 1. The van der Waals surface area contributed by atoms with E-state index in [4.69, 9.17) is 32.7 Å². The van der Waals surface area contributed by atoms with E-state index in [0.29, 0.717) is 27.2 Å². The van der Waals surface area contributed by atoms with Crippen LogP contribution in [0.3, 0.4) is 0 Å². The lowest BCUT2D eigenvalue weighted by molar-refractivity contribution is -0.123. The lowest BCUT2D eigenvalue weighted by Crippen LogP contribution is -2.40. The van der Waals surface area contributed by atoms with Crippen molar-refractivity contribution in [2.45, 2.75) is 18.8 Å². The number of hydrogen-bond acceptors (Lipinski definition) is 5. The fourth-order valence-electron chi connectivity index (χ4n) is 3.94. The fourth-order valence-corrected chi connectivity index (χ4v) is 4.47. The van der Waals surface area contributed by atoms with Crippen LogP contribution in [0.1, 0.15) is 24.3 Å². The third kappa shape index (κ3) is 4.71. The highest BCUT2D eigenvalue weighted by atomic mass is 35.5. The Labute approximate surface area is 180 Å². The molecule has 0 bridgehead atoms. The van der Waals surface area contributed by atoms with Gasteiger partial charge in [0, 0.05) is 10.0 Å². The second-order valence-corrected chi connectivity index (χ2v) is 8.38. The van der Waals surface area contributed by atoms with Crippen LogP contribution in [0.4, 0.5) is 5.69 Å². The second-order valence-electron chi connectivity index (χ2n) is 7.50. The molecule has 8 heteroatoms. The predicted octanol–water partition coefficient (Wildman–Crippen LogP) is 4.29. The highest BCUT2D eigenvalue weighted by Crippen LogP contribution is 2.39. The monoisotopic (exact) mass is 435 g/mol. The number of nitrogens with one attached hydrogen (secondary N) is 2. The van der Waals surface area contributed by atoms with Gasteiger partial charge in [0.15, 0.2) is 11.5 Å².